The summed E-state index contributed by atoms with van der Waals surface area (Å²) in [5, 5.41) is 2.91. The molecule has 0 bridgehead atoms. The van der Waals surface area contributed by atoms with Gasteiger partial charge in [0, 0.05) is 5.41 Å². The fourth-order valence-electron chi connectivity index (χ4n) is 1.30. The van der Waals surface area contributed by atoms with E-state index >= 15 is 0 Å². The summed E-state index contributed by atoms with van der Waals surface area (Å²) < 4.78 is 0. The van der Waals surface area contributed by atoms with E-state index in [1.165, 1.54) is 0 Å². The molecule has 3 heteroatoms. The maximum absolute atomic E-state index is 12.0. The maximum atomic E-state index is 12.0. The number of carbonyl (C=O) groups excluding carboxylic acids is 1. The van der Waals surface area contributed by atoms with Crippen molar-refractivity contribution in [2.45, 2.75) is 34.1 Å². The first-order chi connectivity index (χ1) is 7.38. The van der Waals surface area contributed by atoms with Gasteiger partial charge in [0.2, 0.25) is 5.91 Å². The summed E-state index contributed by atoms with van der Waals surface area (Å²) in [7, 11) is 0. The highest BCUT2D eigenvalue weighted by Crippen LogP contribution is 2.27. The third-order valence-electron chi connectivity index (χ3n) is 3.04. The predicted octanol–water partition coefficient (Wildman–Crippen LogP) is 2.95. The Morgan fingerprint density at radius 2 is 2.06 bits per heavy atom. The fourth-order valence-corrected chi connectivity index (χ4v) is 1.30. The summed E-state index contributed by atoms with van der Waals surface area (Å²) in [6.07, 6.45) is 0.796. The van der Waals surface area contributed by atoms with E-state index in [9.17, 15) is 4.79 Å². The second-order valence-corrected chi connectivity index (χ2v) is 4.73. The molecule has 0 aliphatic carbocycles. The average molecular weight is 220 g/mol. The van der Waals surface area contributed by atoms with Crippen molar-refractivity contribution in [3.8, 4) is 0 Å². The van der Waals surface area contributed by atoms with Gasteiger partial charge in [-0.15, -0.1) is 0 Å². The molecule has 0 atom stereocenters. The molecule has 0 heterocycles. The Kier molecular flexibility index (Phi) is 3.58. The number of nitrogens with one attached hydrogen (secondary N) is 1. The van der Waals surface area contributed by atoms with E-state index < -0.39 is 0 Å². The number of hydrogen-bond donors (Lipinski definition) is 2. The van der Waals surface area contributed by atoms with E-state index in [2.05, 4.69) is 5.32 Å². The van der Waals surface area contributed by atoms with Crippen LogP contribution in [0.3, 0.4) is 0 Å². The molecule has 0 spiro atoms. The highest BCUT2D eigenvalue weighted by molar-refractivity contribution is 5.98. The number of aryl methyl sites for hydroxylation is 1. The van der Waals surface area contributed by atoms with E-state index in [0.717, 1.165) is 17.7 Å². The van der Waals surface area contributed by atoms with Gasteiger partial charge in [0.05, 0.1) is 11.4 Å². The first-order valence-electron chi connectivity index (χ1n) is 5.55. The zero-order chi connectivity index (χ0) is 12.3. The van der Waals surface area contributed by atoms with E-state index in [1.54, 1.807) is 6.07 Å². The summed E-state index contributed by atoms with van der Waals surface area (Å²) in [5.74, 6) is 0.0102. The topological polar surface area (TPSA) is 55.1 Å². The van der Waals surface area contributed by atoms with Crippen molar-refractivity contribution in [2.24, 2.45) is 5.41 Å². The lowest BCUT2D eigenvalue weighted by Gasteiger charge is -2.22. The third kappa shape index (κ3) is 2.54. The van der Waals surface area contributed by atoms with Crippen LogP contribution in [-0.4, -0.2) is 5.91 Å². The van der Waals surface area contributed by atoms with Gasteiger partial charge in [-0.1, -0.05) is 32.9 Å². The van der Waals surface area contributed by atoms with E-state index in [4.69, 9.17) is 5.73 Å². The molecule has 0 unspecified atom stereocenters. The third-order valence-corrected chi connectivity index (χ3v) is 3.04. The summed E-state index contributed by atoms with van der Waals surface area (Å²) in [5.41, 5.74) is 7.80. The molecule has 0 aromatic heterocycles. The number of para-hydroxylation sites is 1. The lowest BCUT2D eigenvalue weighted by atomic mass is 9.89. The molecule has 3 nitrogen and oxygen atoms in total. The van der Waals surface area contributed by atoms with Crippen molar-refractivity contribution < 1.29 is 4.79 Å². The first-order valence-corrected chi connectivity index (χ1v) is 5.55. The van der Waals surface area contributed by atoms with Crippen molar-refractivity contribution in [3.63, 3.8) is 0 Å². The van der Waals surface area contributed by atoms with Crippen LogP contribution in [0.4, 0.5) is 11.4 Å². The molecule has 88 valence electrons. The lowest BCUT2D eigenvalue weighted by Crippen LogP contribution is -2.30. The minimum absolute atomic E-state index is 0.0102. The van der Waals surface area contributed by atoms with Crippen LogP contribution >= 0.6 is 0 Å². The standard InChI is InChI=1S/C13H20N2O/c1-5-13(3,4)12(16)15-11-9(2)7-6-8-10(11)14/h6-8H,5,14H2,1-4H3,(H,15,16). The van der Waals surface area contributed by atoms with Crippen LogP contribution in [0.2, 0.25) is 0 Å². The van der Waals surface area contributed by atoms with Gasteiger partial charge in [0.25, 0.3) is 0 Å². The Morgan fingerprint density at radius 1 is 1.44 bits per heavy atom. The average Bonchev–Trinajstić information content (AvgIpc) is 2.23. The van der Waals surface area contributed by atoms with Crippen molar-refractivity contribution in [2.75, 3.05) is 11.1 Å². The van der Waals surface area contributed by atoms with Crippen LogP contribution in [0.15, 0.2) is 18.2 Å². The van der Waals surface area contributed by atoms with Crippen LogP contribution < -0.4 is 11.1 Å². The molecule has 1 aromatic carbocycles. The molecular formula is C13H20N2O. The number of carbonyl (C=O) groups is 1. The number of amides is 1. The number of nitrogen functional groups attached to an aromatic ring is 1. The molecule has 0 fully saturated rings. The number of anilines is 2. The van der Waals surface area contributed by atoms with Crippen LogP contribution in [0.25, 0.3) is 0 Å². The van der Waals surface area contributed by atoms with E-state index in [-0.39, 0.29) is 11.3 Å². The van der Waals surface area contributed by atoms with E-state index in [0.29, 0.717) is 5.69 Å². The van der Waals surface area contributed by atoms with Crippen LogP contribution in [0, 0.1) is 12.3 Å². The SMILES string of the molecule is CCC(C)(C)C(=O)Nc1c(C)cccc1N. The number of hydrogen-bond acceptors (Lipinski definition) is 2. The minimum atomic E-state index is -0.366. The monoisotopic (exact) mass is 220 g/mol. The fraction of sp³-hybridized carbons (Fsp3) is 0.462. The van der Waals surface area contributed by atoms with Crippen LogP contribution in [0.5, 0.6) is 0 Å². The molecule has 0 aliphatic heterocycles. The van der Waals surface area contributed by atoms with Gasteiger partial charge in [-0.2, -0.15) is 0 Å². The Balaban J connectivity index is 2.94. The largest absolute Gasteiger partial charge is 0.397 e. The molecule has 0 saturated heterocycles. The second kappa shape index (κ2) is 4.56. The van der Waals surface area contributed by atoms with Crippen LogP contribution in [-0.2, 0) is 4.79 Å². The van der Waals surface area contributed by atoms with E-state index in [1.807, 2.05) is 39.8 Å². The van der Waals surface area contributed by atoms with Gasteiger partial charge in [-0.05, 0) is 25.0 Å². The summed E-state index contributed by atoms with van der Waals surface area (Å²) in [6.45, 7) is 7.79. The van der Waals surface area contributed by atoms with Crippen molar-refractivity contribution in [3.05, 3.63) is 23.8 Å². The van der Waals surface area contributed by atoms with Crippen molar-refractivity contribution in [1.82, 2.24) is 0 Å². The summed E-state index contributed by atoms with van der Waals surface area (Å²) in [4.78, 5) is 12.0. The second-order valence-electron chi connectivity index (χ2n) is 4.73. The summed E-state index contributed by atoms with van der Waals surface area (Å²) in [6, 6.07) is 5.61. The Bertz CT molecular complexity index is 377. The molecule has 1 aromatic rings. The van der Waals surface area contributed by atoms with Gasteiger partial charge in [-0.25, -0.2) is 0 Å². The molecule has 0 radical (unpaired) electrons. The summed E-state index contributed by atoms with van der Waals surface area (Å²) >= 11 is 0. The highest BCUT2D eigenvalue weighted by Gasteiger charge is 2.25. The van der Waals surface area contributed by atoms with Crippen LogP contribution in [0.1, 0.15) is 32.8 Å². The molecule has 1 rings (SSSR count). The lowest BCUT2D eigenvalue weighted by molar-refractivity contribution is -0.124. The van der Waals surface area contributed by atoms with Crippen molar-refractivity contribution in [1.29, 1.82) is 0 Å². The molecule has 16 heavy (non-hydrogen) atoms. The first kappa shape index (κ1) is 12.6. The Hall–Kier alpha value is -1.51. The van der Waals surface area contributed by atoms with Crippen molar-refractivity contribution >= 4 is 17.3 Å². The molecule has 0 saturated carbocycles. The molecular weight excluding hydrogens is 200 g/mol. The minimum Gasteiger partial charge on any atom is -0.397 e. The number of rotatable bonds is 3. The van der Waals surface area contributed by atoms with Gasteiger partial charge in [0.1, 0.15) is 0 Å². The smallest absolute Gasteiger partial charge is 0.230 e. The quantitative estimate of drug-likeness (QED) is 0.769. The maximum Gasteiger partial charge on any atom is 0.230 e. The molecule has 1 amide bonds. The Labute approximate surface area is 97.0 Å². The van der Waals surface area contributed by atoms with Gasteiger partial charge >= 0.3 is 0 Å². The number of nitrogens with two attached hydrogens (primary N) is 1. The zero-order valence-corrected chi connectivity index (χ0v) is 10.4. The molecule has 0 aliphatic rings. The zero-order valence-electron chi connectivity index (χ0n) is 10.4. The highest BCUT2D eigenvalue weighted by atomic mass is 16.2. The van der Waals surface area contributed by atoms with Gasteiger partial charge in [-0.3, -0.25) is 4.79 Å². The molecule has 3 N–H and O–H groups in total. The predicted molar refractivity (Wildman–Crippen MR) is 68.3 cm³/mol. The van der Waals surface area contributed by atoms with Gasteiger partial charge in [0.15, 0.2) is 0 Å². The normalized spacial score (nSPS) is 11.2. The Morgan fingerprint density at radius 3 is 2.56 bits per heavy atom. The van der Waals surface area contributed by atoms with Gasteiger partial charge < -0.3 is 11.1 Å². The number of benzene rings is 1.